The number of methoxy groups -OCH3 is 1. The maximum Gasteiger partial charge on any atom is 0.236 e. The molecule has 1 heterocycles. The highest BCUT2D eigenvalue weighted by molar-refractivity contribution is 7.92. The highest BCUT2D eigenvalue weighted by Crippen LogP contribution is 2.29. The minimum Gasteiger partial charge on any atom is -0.495 e. The van der Waals surface area contributed by atoms with Crippen molar-refractivity contribution < 1.29 is 13.2 Å². The number of sulfonamides is 1. The Kier molecular flexibility index (Phi) is 3.54. The van der Waals surface area contributed by atoms with E-state index in [1.165, 1.54) is 4.31 Å². The van der Waals surface area contributed by atoms with E-state index in [2.05, 4.69) is 5.32 Å². The number of nitrogens with zero attached hydrogens (tertiary/aromatic N) is 1. The van der Waals surface area contributed by atoms with Gasteiger partial charge in [0, 0.05) is 19.6 Å². The fraction of sp³-hybridized carbons (Fsp3) is 0.455. The van der Waals surface area contributed by atoms with Gasteiger partial charge in [-0.1, -0.05) is 12.1 Å². The Bertz CT molecular complexity index is 487. The first-order valence-corrected chi connectivity index (χ1v) is 7.10. The molecule has 0 aromatic heterocycles. The van der Waals surface area contributed by atoms with Crippen molar-refractivity contribution in [3.8, 4) is 5.75 Å². The third-order valence-electron chi connectivity index (χ3n) is 2.72. The Morgan fingerprint density at radius 3 is 2.82 bits per heavy atom. The van der Waals surface area contributed by atoms with Gasteiger partial charge in [0.1, 0.15) is 5.75 Å². The molecule has 0 atom stereocenters. The van der Waals surface area contributed by atoms with Gasteiger partial charge in [-0.05, 0) is 12.1 Å². The molecule has 1 fully saturated rings. The smallest absolute Gasteiger partial charge is 0.236 e. The zero-order valence-electron chi connectivity index (χ0n) is 9.72. The second-order valence-electron chi connectivity index (χ2n) is 3.81. The van der Waals surface area contributed by atoms with Gasteiger partial charge in [0.15, 0.2) is 0 Å². The summed E-state index contributed by atoms with van der Waals surface area (Å²) in [5.74, 6) is 0.698. The van der Waals surface area contributed by atoms with Crippen LogP contribution in [0.1, 0.15) is 0 Å². The van der Waals surface area contributed by atoms with Gasteiger partial charge in [-0.3, -0.25) is 4.31 Å². The first-order chi connectivity index (χ1) is 8.15. The average Bonchev–Trinajstić information content (AvgIpc) is 2.50. The second-order valence-corrected chi connectivity index (χ2v) is 5.82. The molecule has 1 aliphatic heterocycles. The van der Waals surface area contributed by atoms with Crippen LogP contribution in [0, 0.1) is 0 Å². The Hall–Kier alpha value is -1.27. The number of para-hydroxylation sites is 2. The highest BCUT2D eigenvalue weighted by Gasteiger charge is 2.26. The van der Waals surface area contributed by atoms with E-state index in [1.807, 2.05) is 12.1 Å². The van der Waals surface area contributed by atoms with Crippen LogP contribution in [0.25, 0.3) is 0 Å². The topological polar surface area (TPSA) is 58.6 Å². The molecule has 0 amide bonds. The summed E-state index contributed by atoms with van der Waals surface area (Å²) in [6, 6.07) is 7.17. The number of rotatable bonds is 2. The zero-order chi connectivity index (χ0) is 12.3. The summed E-state index contributed by atoms with van der Waals surface area (Å²) in [7, 11) is -1.71. The third-order valence-corrected chi connectivity index (χ3v) is 4.49. The van der Waals surface area contributed by atoms with Crippen LogP contribution in [0.2, 0.25) is 0 Å². The van der Waals surface area contributed by atoms with Gasteiger partial charge in [-0.25, -0.2) is 8.42 Å². The van der Waals surface area contributed by atoms with Crippen molar-refractivity contribution in [1.82, 2.24) is 5.32 Å². The van der Waals surface area contributed by atoms with Crippen LogP contribution in [-0.4, -0.2) is 40.9 Å². The van der Waals surface area contributed by atoms with E-state index in [-0.39, 0.29) is 5.75 Å². The van der Waals surface area contributed by atoms with Crippen LogP contribution >= 0.6 is 0 Å². The van der Waals surface area contributed by atoms with E-state index in [9.17, 15) is 8.42 Å². The van der Waals surface area contributed by atoms with Gasteiger partial charge in [0.2, 0.25) is 10.0 Å². The van der Waals surface area contributed by atoms with Crippen molar-refractivity contribution >= 4 is 15.7 Å². The number of hydrogen-bond acceptors (Lipinski definition) is 4. The van der Waals surface area contributed by atoms with E-state index in [0.717, 1.165) is 0 Å². The Labute approximate surface area is 101 Å². The molecule has 1 N–H and O–H groups in total. The molecule has 1 saturated heterocycles. The number of benzene rings is 1. The monoisotopic (exact) mass is 256 g/mol. The molecule has 0 saturated carbocycles. The van der Waals surface area contributed by atoms with Gasteiger partial charge in [-0.2, -0.15) is 0 Å². The molecule has 17 heavy (non-hydrogen) atoms. The van der Waals surface area contributed by atoms with Crippen LogP contribution in [0.3, 0.4) is 0 Å². The van der Waals surface area contributed by atoms with E-state index in [1.54, 1.807) is 19.2 Å². The maximum absolute atomic E-state index is 12.1. The quantitative estimate of drug-likeness (QED) is 0.834. The van der Waals surface area contributed by atoms with E-state index in [0.29, 0.717) is 31.1 Å². The van der Waals surface area contributed by atoms with Gasteiger partial charge in [-0.15, -0.1) is 0 Å². The summed E-state index contributed by atoms with van der Waals surface area (Å²) in [6.45, 7) is 1.58. The van der Waals surface area contributed by atoms with E-state index in [4.69, 9.17) is 4.74 Å². The summed E-state index contributed by atoms with van der Waals surface area (Å²) in [4.78, 5) is 0. The van der Waals surface area contributed by atoms with Crippen molar-refractivity contribution in [2.45, 2.75) is 0 Å². The molecule has 0 unspecified atom stereocenters. The Balaban J connectivity index is 2.43. The molecule has 2 rings (SSSR count). The van der Waals surface area contributed by atoms with Crippen LogP contribution in [-0.2, 0) is 10.0 Å². The predicted molar refractivity (Wildman–Crippen MR) is 67.0 cm³/mol. The van der Waals surface area contributed by atoms with Crippen LogP contribution in [0.5, 0.6) is 5.75 Å². The lowest BCUT2D eigenvalue weighted by Crippen LogP contribution is -2.33. The van der Waals surface area contributed by atoms with Crippen LogP contribution in [0.15, 0.2) is 24.3 Å². The number of anilines is 1. The molecule has 5 nitrogen and oxygen atoms in total. The van der Waals surface area contributed by atoms with Gasteiger partial charge in [0.05, 0.1) is 18.6 Å². The highest BCUT2D eigenvalue weighted by atomic mass is 32.2. The molecule has 94 valence electrons. The van der Waals surface area contributed by atoms with Crippen molar-refractivity contribution in [2.24, 2.45) is 0 Å². The number of nitrogens with one attached hydrogen (secondary N) is 1. The molecule has 1 aliphatic rings. The van der Waals surface area contributed by atoms with Crippen LogP contribution in [0.4, 0.5) is 5.69 Å². The number of ether oxygens (including phenoxy) is 1. The molecule has 0 radical (unpaired) electrons. The minimum absolute atomic E-state index is 0.116. The average molecular weight is 256 g/mol. The minimum atomic E-state index is -3.25. The van der Waals surface area contributed by atoms with Crippen molar-refractivity contribution in [3.05, 3.63) is 24.3 Å². The van der Waals surface area contributed by atoms with Gasteiger partial charge < -0.3 is 10.1 Å². The number of hydrogen-bond donors (Lipinski definition) is 1. The first-order valence-electron chi connectivity index (χ1n) is 5.49. The summed E-state index contributed by atoms with van der Waals surface area (Å²) < 4.78 is 30.8. The molecule has 0 bridgehead atoms. The van der Waals surface area contributed by atoms with Crippen molar-refractivity contribution in [3.63, 3.8) is 0 Å². The zero-order valence-corrected chi connectivity index (χ0v) is 10.5. The van der Waals surface area contributed by atoms with Gasteiger partial charge >= 0.3 is 0 Å². The van der Waals surface area contributed by atoms with Gasteiger partial charge in [0.25, 0.3) is 0 Å². The SMILES string of the molecule is COc1ccccc1N1CCNCCS1(=O)=O. The lowest BCUT2D eigenvalue weighted by molar-refractivity contribution is 0.415. The fourth-order valence-electron chi connectivity index (χ4n) is 1.86. The second kappa shape index (κ2) is 4.93. The summed E-state index contributed by atoms with van der Waals surface area (Å²) in [6.07, 6.45) is 0. The summed E-state index contributed by atoms with van der Waals surface area (Å²) >= 11 is 0. The summed E-state index contributed by atoms with van der Waals surface area (Å²) in [5, 5.41) is 3.08. The maximum atomic E-state index is 12.1. The van der Waals surface area contributed by atoms with E-state index < -0.39 is 10.0 Å². The standard InChI is InChI=1S/C11H16N2O3S/c1-16-11-5-3-2-4-10(11)13-8-6-12-7-9-17(13,14)15/h2-5,12H,6-9H2,1H3. The normalized spacial score (nSPS) is 19.7. The molecule has 0 spiro atoms. The van der Waals surface area contributed by atoms with Crippen molar-refractivity contribution in [1.29, 1.82) is 0 Å². The lowest BCUT2D eigenvalue weighted by atomic mass is 10.3. The molecule has 1 aromatic rings. The fourth-order valence-corrected chi connectivity index (χ4v) is 3.30. The van der Waals surface area contributed by atoms with E-state index >= 15 is 0 Å². The lowest BCUT2D eigenvalue weighted by Gasteiger charge is -2.23. The van der Waals surface area contributed by atoms with Crippen LogP contribution < -0.4 is 14.4 Å². The van der Waals surface area contributed by atoms with Crippen molar-refractivity contribution in [2.75, 3.05) is 36.8 Å². The Morgan fingerprint density at radius 1 is 1.29 bits per heavy atom. The molecule has 1 aromatic carbocycles. The Morgan fingerprint density at radius 2 is 2.06 bits per heavy atom. The molecular weight excluding hydrogens is 240 g/mol. The third kappa shape index (κ3) is 2.53. The predicted octanol–water partition coefficient (Wildman–Crippen LogP) is 0.435. The summed E-state index contributed by atoms with van der Waals surface area (Å²) in [5.41, 5.74) is 0.610. The first kappa shape index (κ1) is 12.2. The molecular formula is C11H16N2O3S. The largest absolute Gasteiger partial charge is 0.495 e. The molecule has 0 aliphatic carbocycles. The molecule has 6 heteroatoms.